The molecule has 0 spiro atoms. The summed E-state index contributed by atoms with van der Waals surface area (Å²) < 4.78 is 1.16. The van der Waals surface area contributed by atoms with Crippen molar-refractivity contribution in [3.63, 3.8) is 0 Å². The SMILES string of the molecule is Brc1ccc2cc3c(cc2c1)C[NH2+]C3.[Br-]. The fourth-order valence-electron chi connectivity index (χ4n) is 2.13. The molecule has 3 heteroatoms. The van der Waals surface area contributed by atoms with Crippen molar-refractivity contribution in [2.24, 2.45) is 0 Å². The molecule has 2 aromatic rings. The Morgan fingerprint density at radius 3 is 2.33 bits per heavy atom. The molecule has 0 bridgehead atoms. The van der Waals surface area contributed by atoms with Gasteiger partial charge in [0.25, 0.3) is 0 Å². The third-order valence-corrected chi connectivity index (χ3v) is 3.34. The first kappa shape index (κ1) is 11.1. The van der Waals surface area contributed by atoms with Crippen LogP contribution in [0.1, 0.15) is 11.1 Å². The number of hydrogen-bond acceptors (Lipinski definition) is 0. The van der Waals surface area contributed by atoms with Crippen molar-refractivity contribution in [3.05, 3.63) is 45.9 Å². The second kappa shape index (κ2) is 4.24. The average molecular weight is 329 g/mol. The van der Waals surface area contributed by atoms with E-state index in [0.29, 0.717) is 0 Å². The maximum atomic E-state index is 3.51. The van der Waals surface area contributed by atoms with Crippen LogP contribution in [0.4, 0.5) is 0 Å². The summed E-state index contributed by atoms with van der Waals surface area (Å²) in [7, 11) is 0. The van der Waals surface area contributed by atoms with E-state index in [1.165, 1.54) is 21.9 Å². The zero-order valence-corrected chi connectivity index (χ0v) is 11.3. The Bertz CT molecular complexity index is 508. The van der Waals surface area contributed by atoms with Crippen molar-refractivity contribution in [2.45, 2.75) is 13.1 Å². The van der Waals surface area contributed by atoms with Crippen LogP contribution in [-0.4, -0.2) is 0 Å². The van der Waals surface area contributed by atoms with Crippen LogP contribution in [0.2, 0.25) is 0 Å². The molecule has 3 rings (SSSR count). The van der Waals surface area contributed by atoms with Crippen LogP contribution in [-0.2, 0) is 13.1 Å². The monoisotopic (exact) mass is 327 g/mol. The normalized spacial score (nSPS) is 13.7. The highest BCUT2D eigenvalue weighted by molar-refractivity contribution is 9.10. The van der Waals surface area contributed by atoms with Gasteiger partial charge in [0, 0.05) is 15.6 Å². The molecule has 1 aliphatic heterocycles. The van der Waals surface area contributed by atoms with Crippen molar-refractivity contribution < 1.29 is 22.3 Å². The first-order valence-corrected chi connectivity index (χ1v) is 5.65. The van der Waals surface area contributed by atoms with E-state index in [2.05, 4.69) is 51.6 Å². The smallest absolute Gasteiger partial charge is 0.102 e. The van der Waals surface area contributed by atoms with Crippen molar-refractivity contribution in [2.75, 3.05) is 0 Å². The van der Waals surface area contributed by atoms with Gasteiger partial charge in [-0.2, -0.15) is 0 Å². The molecule has 0 unspecified atom stereocenters. The molecule has 0 saturated heterocycles. The van der Waals surface area contributed by atoms with Gasteiger partial charge in [0.2, 0.25) is 0 Å². The third kappa shape index (κ3) is 1.96. The summed E-state index contributed by atoms with van der Waals surface area (Å²) in [5.41, 5.74) is 3.00. The Morgan fingerprint density at radius 2 is 1.60 bits per heavy atom. The van der Waals surface area contributed by atoms with Crippen LogP contribution >= 0.6 is 15.9 Å². The van der Waals surface area contributed by atoms with Crippen molar-refractivity contribution in [1.29, 1.82) is 0 Å². The Labute approximate surface area is 108 Å². The lowest BCUT2D eigenvalue weighted by molar-refractivity contribution is -0.676. The second-order valence-corrected chi connectivity index (χ2v) is 4.72. The van der Waals surface area contributed by atoms with Gasteiger partial charge < -0.3 is 22.3 Å². The summed E-state index contributed by atoms with van der Waals surface area (Å²) in [5, 5.41) is 5.04. The van der Waals surface area contributed by atoms with Crippen LogP contribution in [0.3, 0.4) is 0 Å². The molecule has 0 amide bonds. The van der Waals surface area contributed by atoms with Crippen molar-refractivity contribution in [1.82, 2.24) is 0 Å². The first-order chi connectivity index (χ1) is 6.83. The number of nitrogens with two attached hydrogens (primary N) is 1. The molecular formula is C12H11Br2N. The number of hydrogen-bond donors (Lipinski definition) is 1. The minimum atomic E-state index is 0. The number of benzene rings is 2. The van der Waals surface area contributed by atoms with Crippen molar-refractivity contribution in [3.8, 4) is 0 Å². The largest absolute Gasteiger partial charge is 1.00 e. The van der Waals surface area contributed by atoms with Gasteiger partial charge in [0.1, 0.15) is 13.1 Å². The lowest BCUT2D eigenvalue weighted by Gasteiger charge is -2.01. The maximum Gasteiger partial charge on any atom is 0.102 e. The van der Waals surface area contributed by atoms with Crippen molar-refractivity contribution >= 4 is 26.7 Å². The second-order valence-electron chi connectivity index (χ2n) is 3.81. The summed E-state index contributed by atoms with van der Waals surface area (Å²) >= 11 is 3.51. The summed E-state index contributed by atoms with van der Waals surface area (Å²) in [4.78, 5) is 0. The summed E-state index contributed by atoms with van der Waals surface area (Å²) in [6, 6.07) is 11.1. The molecule has 1 nitrogen and oxygen atoms in total. The summed E-state index contributed by atoms with van der Waals surface area (Å²) in [6.45, 7) is 2.28. The Morgan fingerprint density at radius 1 is 0.933 bits per heavy atom. The number of fused-ring (bicyclic) bond motifs is 2. The summed E-state index contributed by atoms with van der Waals surface area (Å²) in [5.74, 6) is 0. The highest BCUT2D eigenvalue weighted by Crippen LogP contribution is 2.24. The fraction of sp³-hybridized carbons (Fsp3) is 0.167. The van der Waals surface area contributed by atoms with Gasteiger partial charge in [-0.15, -0.1) is 0 Å². The van der Waals surface area contributed by atoms with E-state index in [1.54, 1.807) is 0 Å². The van der Waals surface area contributed by atoms with E-state index in [9.17, 15) is 0 Å². The molecule has 1 heterocycles. The third-order valence-electron chi connectivity index (χ3n) is 2.85. The van der Waals surface area contributed by atoms with E-state index in [0.717, 1.165) is 17.6 Å². The van der Waals surface area contributed by atoms with Gasteiger partial charge in [0.15, 0.2) is 0 Å². The van der Waals surface area contributed by atoms with Gasteiger partial charge in [-0.3, -0.25) is 0 Å². The van der Waals surface area contributed by atoms with Gasteiger partial charge in [-0.25, -0.2) is 0 Å². The number of halogens is 2. The highest BCUT2D eigenvalue weighted by atomic mass is 79.9. The van der Waals surface area contributed by atoms with Gasteiger partial charge in [-0.05, 0) is 35.0 Å². The quantitative estimate of drug-likeness (QED) is 0.651. The van der Waals surface area contributed by atoms with E-state index in [-0.39, 0.29) is 17.0 Å². The molecule has 0 fully saturated rings. The van der Waals surface area contributed by atoms with Gasteiger partial charge in [0.05, 0.1) is 0 Å². The molecule has 0 radical (unpaired) electrons. The predicted octanol–water partition coefficient (Wildman–Crippen LogP) is -0.817. The Hall–Kier alpha value is -0.380. The highest BCUT2D eigenvalue weighted by Gasteiger charge is 2.13. The van der Waals surface area contributed by atoms with E-state index in [4.69, 9.17) is 0 Å². The number of rotatable bonds is 0. The average Bonchev–Trinajstić information content (AvgIpc) is 2.61. The zero-order chi connectivity index (χ0) is 9.54. The molecule has 1 aliphatic rings. The molecule has 0 atom stereocenters. The lowest BCUT2D eigenvalue weighted by Crippen LogP contribution is -3.00. The molecule has 2 aromatic carbocycles. The molecule has 15 heavy (non-hydrogen) atoms. The lowest BCUT2D eigenvalue weighted by atomic mass is 10.0. The standard InChI is InChI=1S/C12H10BrN.BrH/c13-12-2-1-8-3-10-6-14-7-11(10)4-9(8)5-12;/h1-5,14H,6-7H2;1H. The van der Waals surface area contributed by atoms with E-state index < -0.39 is 0 Å². The maximum absolute atomic E-state index is 3.51. The van der Waals surface area contributed by atoms with E-state index >= 15 is 0 Å². The first-order valence-electron chi connectivity index (χ1n) is 4.86. The molecule has 0 saturated carbocycles. The van der Waals surface area contributed by atoms with Crippen LogP contribution in [0, 0.1) is 0 Å². The zero-order valence-electron chi connectivity index (χ0n) is 8.13. The minimum absolute atomic E-state index is 0. The minimum Gasteiger partial charge on any atom is -1.00 e. The molecule has 0 aromatic heterocycles. The van der Waals surface area contributed by atoms with E-state index in [1.807, 2.05) is 0 Å². The Balaban J connectivity index is 0.000000853. The summed E-state index contributed by atoms with van der Waals surface area (Å²) in [6.07, 6.45) is 0. The molecule has 78 valence electrons. The predicted molar refractivity (Wildman–Crippen MR) is 61.0 cm³/mol. The molecular weight excluding hydrogens is 318 g/mol. The van der Waals surface area contributed by atoms with Crippen LogP contribution in [0.5, 0.6) is 0 Å². The van der Waals surface area contributed by atoms with Gasteiger partial charge >= 0.3 is 0 Å². The van der Waals surface area contributed by atoms with Crippen LogP contribution < -0.4 is 22.3 Å². The topological polar surface area (TPSA) is 16.6 Å². The molecule has 2 N–H and O–H groups in total. The number of quaternary nitrogens is 1. The van der Waals surface area contributed by atoms with Crippen LogP contribution in [0.25, 0.3) is 10.8 Å². The van der Waals surface area contributed by atoms with Gasteiger partial charge in [-0.1, -0.05) is 22.0 Å². The fourth-order valence-corrected chi connectivity index (χ4v) is 2.50. The van der Waals surface area contributed by atoms with Crippen LogP contribution in [0.15, 0.2) is 34.8 Å². The molecule has 0 aliphatic carbocycles. The Kier molecular flexibility index (Phi) is 3.14.